The minimum Gasteiger partial charge on any atom is -0.310 e. The van der Waals surface area contributed by atoms with E-state index < -0.39 is 0 Å². The fourth-order valence-corrected chi connectivity index (χ4v) is 1.76. The fourth-order valence-electron chi connectivity index (χ4n) is 1.58. The first kappa shape index (κ1) is 11.6. The highest BCUT2D eigenvalue weighted by Crippen LogP contribution is 2.09. The maximum atomic E-state index is 11.9. The Balaban J connectivity index is 2.41. The lowest BCUT2D eigenvalue weighted by Crippen LogP contribution is -2.23. The first-order valence-corrected chi connectivity index (χ1v) is 5.48. The van der Waals surface area contributed by atoms with Crippen molar-refractivity contribution < 1.29 is 4.79 Å². The molecule has 0 atom stereocenters. The normalized spacial score (nSPS) is 10.2. The topological polar surface area (TPSA) is 39.1 Å². The van der Waals surface area contributed by atoms with Crippen LogP contribution in [0.4, 0.5) is 0 Å². The molecule has 0 bridgehead atoms. The molecule has 0 fully saturated rings. The van der Waals surface area contributed by atoms with Crippen LogP contribution in [-0.4, -0.2) is 10.9 Å². The largest absolute Gasteiger partial charge is 0.310 e. The van der Waals surface area contributed by atoms with Crippen LogP contribution >= 0.6 is 11.6 Å². The number of rotatable bonds is 3. The van der Waals surface area contributed by atoms with Crippen molar-refractivity contribution in [2.45, 2.75) is 6.54 Å². The van der Waals surface area contributed by atoms with Crippen molar-refractivity contribution in [2.24, 2.45) is 0 Å². The number of benzene rings is 1. The van der Waals surface area contributed by atoms with Gasteiger partial charge in [-0.2, -0.15) is 0 Å². The molecule has 86 valence electrons. The van der Waals surface area contributed by atoms with Crippen LogP contribution < -0.4 is 5.56 Å². The van der Waals surface area contributed by atoms with E-state index in [0.29, 0.717) is 12.8 Å². The lowest BCUT2D eigenvalue weighted by molar-refractivity contribution is 0.112. The van der Waals surface area contributed by atoms with Gasteiger partial charge in [0.2, 0.25) is 0 Å². The van der Waals surface area contributed by atoms with Gasteiger partial charge >= 0.3 is 0 Å². The average molecular weight is 248 g/mol. The number of hydrogen-bond acceptors (Lipinski definition) is 2. The van der Waals surface area contributed by atoms with Gasteiger partial charge in [-0.3, -0.25) is 9.59 Å². The second kappa shape index (κ2) is 4.97. The van der Waals surface area contributed by atoms with Gasteiger partial charge in [-0.25, -0.2) is 0 Å². The number of nitrogens with zero attached hydrogens (tertiary/aromatic N) is 1. The van der Waals surface area contributed by atoms with Crippen LogP contribution in [0.3, 0.4) is 0 Å². The summed E-state index contributed by atoms with van der Waals surface area (Å²) in [5, 5.41) is 0.189. The summed E-state index contributed by atoms with van der Waals surface area (Å²) in [6.07, 6.45) is 2.08. The monoisotopic (exact) mass is 247 g/mol. The number of hydrogen-bond donors (Lipinski definition) is 0. The maximum absolute atomic E-state index is 11.9. The SMILES string of the molecule is O=Cc1c(Cl)ccn(Cc2ccccc2)c1=O. The molecule has 17 heavy (non-hydrogen) atoms. The predicted octanol–water partition coefficient (Wildman–Crippen LogP) is 2.36. The fraction of sp³-hybridized carbons (Fsp3) is 0.0769. The van der Waals surface area contributed by atoms with Crippen LogP contribution in [0.2, 0.25) is 5.02 Å². The molecule has 0 saturated heterocycles. The number of aldehydes is 1. The van der Waals surface area contributed by atoms with E-state index in [9.17, 15) is 9.59 Å². The quantitative estimate of drug-likeness (QED) is 0.781. The third-order valence-electron chi connectivity index (χ3n) is 2.46. The van der Waals surface area contributed by atoms with Crippen molar-refractivity contribution in [1.82, 2.24) is 4.57 Å². The summed E-state index contributed by atoms with van der Waals surface area (Å²) in [5.41, 5.74) is 0.634. The van der Waals surface area contributed by atoms with Crippen molar-refractivity contribution in [1.29, 1.82) is 0 Å². The van der Waals surface area contributed by atoms with Crippen LogP contribution in [0.25, 0.3) is 0 Å². The number of pyridine rings is 1. The molecular formula is C13H10ClNO2. The first-order chi connectivity index (χ1) is 8.22. The van der Waals surface area contributed by atoms with Gasteiger partial charge in [-0.05, 0) is 11.6 Å². The van der Waals surface area contributed by atoms with E-state index >= 15 is 0 Å². The van der Waals surface area contributed by atoms with E-state index in [-0.39, 0.29) is 16.1 Å². The minimum atomic E-state index is -0.364. The highest BCUT2D eigenvalue weighted by Gasteiger charge is 2.07. The molecule has 0 aliphatic heterocycles. The van der Waals surface area contributed by atoms with E-state index in [1.165, 1.54) is 4.57 Å². The zero-order valence-corrected chi connectivity index (χ0v) is 9.72. The third kappa shape index (κ3) is 2.45. The Kier molecular flexibility index (Phi) is 3.40. The van der Waals surface area contributed by atoms with Gasteiger partial charge in [0.1, 0.15) is 0 Å². The van der Waals surface area contributed by atoms with Crippen LogP contribution in [0.5, 0.6) is 0 Å². The number of aromatic nitrogens is 1. The van der Waals surface area contributed by atoms with Gasteiger partial charge in [0.25, 0.3) is 5.56 Å². The zero-order valence-electron chi connectivity index (χ0n) is 8.97. The van der Waals surface area contributed by atoms with E-state index in [0.717, 1.165) is 5.56 Å². The minimum absolute atomic E-state index is 0.00472. The molecule has 1 aromatic carbocycles. The van der Waals surface area contributed by atoms with Crippen molar-refractivity contribution in [2.75, 3.05) is 0 Å². The van der Waals surface area contributed by atoms with E-state index in [2.05, 4.69) is 0 Å². The van der Waals surface area contributed by atoms with Crippen molar-refractivity contribution in [3.63, 3.8) is 0 Å². The Labute approximate surface area is 103 Å². The smallest absolute Gasteiger partial charge is 0.262 e. The molecule has 4 heteroatoms. The standard InChI is InChI=1S/C13H10ClNO2/c14-12-6-7-15(13(17)11(12)9-16)8-10-4-2-1-3-5-10/h1-7,9H,8H2. The summed E-state index contributed by atoms with van der Waals surface area (Å²) < 4.78 is 1.46. The Morgan fingerprint density at radius 2 is 1.88 bits per heavy atom. The maximum Gasteiger partial charge on any atom is 0.262 e. The molecular weight excluding hydrogens is 238 g/mol. The van der Waals surface area contributed by atoms with Crippen molar-refractivity contribution in [3.8, 4) is 0 Å². The second-order valence-corrected chi connectivity index (χ2v) is 4.02. The van der Waals surface area contributed by atoms with Gasteiger partial charge in [0.15, 0.2) is 6.29 Å². The predicted molar refractivity (Wildman–Crippen MR) is 66.6 cm³/mol. The van der Waals surface area contributed by atoms with Crippen LogP contribution in [0.1, 0.15) is 15.9 Å². The summed E-state index contributed by atoms with van der Waals surface area (Å²) in [5.74, 6) is 0. The third-order valence-corrected chi connectivity index (χ3v) is 2.79. The van der Waals surface area contributed by atoms with Crippen molar-refractivity contribution in [3.05, 3.63) is 69.1 Å². The van der Waals surface area contributed by atoms with Gasteiger partial charge in [-0.15, -0.1) is 0 Å². The summed E-state index contributed by atoms with van der Waals surface area (Å²) in [6, 6.07) is 11.1. The molecule has 0 saturated carbocycles. The summed E-state index contributed by atoms with van der Waals surface area (Å²) in [7, 11) is 0. The van der Waals surface area contributed by atoms with Crippen LogP contribution in [-0.2, 0) is 6.54 Å². The van der Waals surface area contributed by atoms with Crippen LogP contribution in [0.15, 0.2) is 47.4 Å². The van der Waals surface area contributed by atoms with Gasteiger partial charge in [0.05, 0.1) is 17.1 Å². The number of halogens is 1. The molecule has 1 heterocycles. The molecule has 2 rings (SSSR count). The molecule has 0 amide bonds. The lowest BCUT2D eigenvalue weighted by Gasteiger charge is -2.07. The molecule has 3 nitrogen and oxygen atoms in total. The molecule has 0 N–H and O–H groups in total. The van der Waals surface area contributed by atoms with Crippen molar-refractivity contribution >= 4 is 17.9 Å². The molecule has 0 unspecified atom stereocenters. The Morgan fingerprint density at radius 1 is 1.18 bits per heavy atom. The highest BCUT2D eigenvalue weighted by molar-refractivity contribution is 6.32. The molecule has 2 aromatic rings. The summed E-state index contributed by atoms with van der Waals surface area (Å²) in [6.45, 7) is 0.428. The number of carbonyl (C=O) groups is 1. The van der Waals surface area contributed by atoms with Gasteiger partial charge in [-0.1, -0.05) is 41.9 Å². The average Bonchev–Trinajstić information content (AvgIpc) is 2.35. The highest BCUT2D eigenvalue weighted by atomic mass is 35.5. The molecule has 0 spiro atoms. The lowest BCUT2D eigenvalue weighted by atomic mass is 10.2. The molecule has 0 radical (unpaired) electrons. The molecule has 0 aliphatic rings. The summed E-state index contributed by atoms with van der Waals surface area (Å²) >= 11 is 5.76. The van der Waals surface area contributed by atoms with Gasteiger partial charge < -0.3 is 4.57 Å². The van der Waals surface area contributed by atoms with E-state index in [1.807, 2.05) is 30.3 Å². The summed E-state index contributed by atoms with van der Waals surface area (Å²) in [4.78, 5) is 22.6. The molecule has 0 aliphatic carbocycles. The van der Waals surface area contributed by atoms with E-state index in [1.54, 1.807) is 12.3 Å². The Hall–Kier alpha value is -1.87. The molecule has 1 aromatic heterocycles. The zero-order chi connectivity index (χ0) is 12.3. The second-order valence-electron chi connectivity index (χ2n) is 3.61. The Bertz CT molecular complexity index is 590. The van der Waals surface area contributed by atoms with Crippen LogP contribution in [0, 0.1) is 0 Å². The van der Waals surface area contributed by atoms with E-state index in [4.69, 9.17) is 11.6 Å². The van der Waals surface area contributed by atoms with Gasteiger partial charge in [0, 0.05) is 6.20 Å². The first-order valence-electron chi connectivity index (χ1n) is 5.10. The Morgan fingerprint density at radius 3 is 2.53 bits per heavy atom. The number of carbonyl (C=O) groups excluding carboxylic acids is 1.